The van der Waals surface area contributed by atoms with E-state index < -0.39 is 4.92 Å². The van der Waals surface area contributed by atoms with E-state index in [1.54, 1.807) is 30.1 Å². The summed E-state index contributed by atoms with van der Waals surface area (Å²) in [5, 5.41) is 19.4. The van der Waals surface area contributed by atoms with Crippen molar-refractivity contribution >= 4 is 23.1 Å². The Hall–Kier alpha value is -1.32. The van der Waals surface area contributed by atoms with Crippen LogP contribution < -0.4 is 10.6 Å². The quantitative estimate of drug-likeness (QED) is 0.289. The van der Waals surface area contributed by atoms with Gasteiger partial charge in [-0.3, -0.25) is 10.1 Å². The highest BCUT2D eigenvalue weighted by Crippen LogP contribution is 2.17. The highest BCUT2D eigenvalue weighted by Gasteiger charge is 2.12. The van der Waals surface area contributed by atoms with Crippen LogP contribution in [0.4, 0.5) is 0 Å². The summed E-state index contributed by atoms with van der Waals surface area (Å²) in [5.74, 6) is 2.15. The van der Waals surface area contributed by atoms with Gasteiger partial charge in [0, 0.05) is 30.5 Å². The smallest absolute Gasteiger partial charge is 0.274 e. The molecule has 0 fully saturated rings. The largest absolute Gasteiger partial charge is 0.370 e. The van der Waals surface area contributed by atoms with Crippen molar-refractivity contribution in [2.45, 2.75) is 12.3 Å². The summed E-state index contributed by atoms with van der Waals surface area (Å²) in [6, 6.07) is 0. The fourth-order valence-corrected chi connectivity index (χ4v) is 3.53. The Morgan fingerprint density at radius 3 is 2.86 bits per heavy atom. The van der Waals surface area contributed by atoms with E-state index in [2.05, 4.69) is 42.1 Å². The first-order chi connectivity index (χ1) is 10.3. The number of nitrogens with one attached hydrogen (secondary N) is 2. The van der Waals surface area contributed by atoms with Gasteiger partial charge in [0.2, 0.25) is 0 Å². The number of thioether (sulfide) groups is 1. The third kappa shape index (κ3) is 8.20. The van der Waals surface area contributed by atoms with Gasteiger partial charge in [0.1, 0.15) is 11.6 Å². The normalized spacial score (nSPS) is 12.3. The second-order valence-electron chi connectivity index (χ2n) is 5.74. The minimum atomic E-state index is -0.476. The molecule has 0 unspecified atom stereocenters. The summed E-state index contributed by atoms with van der Waals surface area (Å²) >= 11 is 3.47. The molecule has 0 radical (unpaired) electrons. The maximum absolute atomic E-state index is 10.4. The topological polar surface area (TPSA) is 80.1 Å². The summed E-state index contributed by atoms with van der Waals surface area (Å²) in [6.45, 7) is 1.61. The molecule has 0 saturated heterocycles. The lowest BCUT2D eigenvalue weighted by Crippen LogP contribution is -2.33. The van der Waals surface area contributed by atoms with Gasteiger partial charge in [0.25, 0.3) is 6.20 Å². The molecule has 2 N–H and O–H groups in total. The SMILES string of the molecule is CN/C(=C\[N+](=O)[O-])NCCSCc1csc(C[N+](C)(C)C)n1. The maximum atomic E-state index is 10.4. The van der Waals surface area contributed by atoms with Gasteiger partial charge in [0.05, 0.1) is 31.8 Å². The van der Waals surface area contributed by atoms with E-state index in [0.717, 1.165) is 39.4 Å². The molecular formula is C13H24N5O2S2+. The minimum absolute atomic E-state index is 0.421. The molecular weight excluding hydrogens is 322 g/mol. The molecule has 1 heterocycles. The molecule has 124 valence electrons. The van der Waals surface area contributed by atoms with Crippen molar-refractivity contribution < 1.29 is 9.41 Å². The Morgan fingerprint density at radius 2 is 2.27 bits per heavy atom. The van der Waals surface area contributed by atoms with Gasteiger partial charge >= 0.3 is 0 Å². The molecule has 0 bridgehead atoms. The number of nitrogens with zero attached hydrogens (tertiary/aromatic N) is 3. The maximum Gasteiger partial charge on any atom is 0.274 e. The van der Waals surface area contributed by atoms with Crippen molar-refractivity contribution in [2.24, 2.45) is 0 Å². The van der Waals surface area contributed by atoms with Crippen LogP contribution in [-0.2, 0) is 12.3 Å². The Bertz CT molecular complexity index is 511. The van der Waals surface area contributed by atoms with E-state index in [1.807, 2.05) is 0 Å². The van der Waals surface area contributed by atoms with E-state index in [-0.39, 0.29) is 0 Å². The molecule has 0 atom stereocenters. The first kappa shape index (κ1) is 18.7. The van der Waals surface area contributed by atoms with Crippen molar-refractivity contribution in [1.82, 2.24) is 15.6 Å². The predicted octanol–water partition coefficient (Wildman–Crippen LogP) is 1.47. The fraction of sp³-hybridized carbons (Fsp3) is 0.615. The van der Waals surface area contributed by atoms with E-state index in [1.165, 1.54) is 0 Å². The van der Waals surface area contributed by atoms with Crippen LogP contribution >= 0.6 is 23.1 Å². The molecule has 0 spiro atoms. The monoisotopic (exact) mass is 346 g/mol. The summed E-state index contributed by atoms with van der Waals surface area (Å²) in [5.41, 5.74) is 1.10. The molecule has 0 aliphatic carbocycles. The second-order valence-corrected chi connectivity index (χ2v) is 7.79. The number of quaternary nitrogens is 1. The van der Waals surface area contributed by atoms with Crippen LogP contribution in [0.15, 0.2) is 17.4 Å². The summed E-state index contributed by atoms with van der Waals surface area (Å²) in [7, 11) is 8.11. The van der Waals surface area contributed by atoms with Crippen LogP contribution in [-0.4, -0.2) is 54.9 Å². The van der Waals surface area contributed by atoms with Crippen LogP contribution in [0.1, 0.15) is 10.7 Å². The van der Waals surface area contributed by atoms with Crippen molar-refractivity contribution in [1.29, 1.82) is 0 Å². The number of rotatable bonds is 10. The van der Waals surface area contributed by atoms with Crippen LogP contribution in [0.2, 0.25) is 0 Å². The number of hydrogen-bond donors (Lipinski definition) is 2. The van der Waals surface area contributed by atoms with E-state index in [9.17, 15) is 10.1 Å². The summed E-state index contributed by atoms with van der Waals surface area (Å²) in [6.07, 6.45) is 0.933. The van der Waals surface area contributed by atoms with Crippen LogP contribution in [0.25, 0.3) is 0 Å². The van der Waals surface area contributed by atoms with Crippen molar-refractivity contribution in [3.63, 3.8) is 0 Å². The van der Waals surface area contributed by atoms with E-state index in [4.69, 9.17) is 0 Å². The first-order valence-corrected chi connectivity index (χ1v) is 8.92. The molecule has 7 nitrogen and oxygen atoms in total. The Morgan fingerprint density at radius 1 is 1.55 bits per heavy atom. The second kappa shape index (κ2) is 8.96. The van der Waals surface area contributed by atoms with E-state index >= 15 is 0 Å². The van der Waals surface area contributed by atoms with Crippen LogP contribution in [0.5, 0.6) is 0 Å². The zero-order valence-electron chi connectivity index (χ0n) is 13.5. The lowest BCUT2D eigenvalue weighted by molar-refractivity contribution is -0.883. The molecule has 1 rings (SSSR count). The first-order valence-electron chi connectivity index (χ1n) is 6.88. The number of hydrogen-bond acceptors (Lipinski definition) is 7. The molecule has 22 heavy (non-hydrogen) atoms. The fourth-order valence-electron chi connectivity index (χ4n) is 1.63. The molecule has 0 aliphatic rings. The highest BCUT2D eigenvalue weighted by molar-refractivity contribution is 7.98. The zero-order chi connectivity index (χ0) is 16.6. The van der Waals surface area contributed by atoms with Gasteiger partial charge in [0.15, 0.2) is 5.82 Å². The minimum Gasteiger partial charge on any atom is -0.370 e. The molecule has 0 aliphatic heterocycles. The lowest BCUT2D eigenvalue weighted by Gasteiger charge is -2.22. The van der Waals surface area contributed by atoms with Gasteiger partial charge in [-0.25, -0.2) is 4.98 Å². The summed E-state index contributed by atoms with van der Waals surface area (Å²) < 4.78 is 0.875. The van der Waals surface area contributed by atoms with Crippen LogP contribution in [0, 0.1) is 10.1 Å². The lowest BCUT2D eigenvalue weighted by atomic mass is 10.5. The Labute approximate surface area is 139 Å². The van der Waals surface area contributed by atoms with Gasteiger partial charge in [-0.05, 0) is 0 Å². The third-order valence-electron chi connectivity index (χ3n) is 2.52. The Balaban J connectivity index is 2.26. The molecule has 0 amide bonds. The predicted molar refractivity (Wildman–Crippen MR) is 92.2 cm³/mol. The van der Waals surface area contributed by atoms with Gasteiger partial charge in [-0.2, -0.15) is 11.8 Å². The van der Waals surface area contributed by atoms with Gasteiger partial charge in [-0.15, -0.1) is 11.3 Å². The van der Waals surface area contributed by atoms with Crippen molar-refractivity contribution in [2.75, 3.05) is 40.5 Å². The van der Waals surface area contributed by atoms with Crippen molar-refractivity contribution in [3.8, 4) is 0 Å². The van der Waals surface area contributed by atoms with Crippen molar-refractivity contribution in [3.05, 3.63) is 38.2 Å². The average Bonchev–Trinajstić information content (AvgIpc) is 2.81. The third-order valence-corrected chi connectivity index (χ3v) is 4.40. The standard InChI is InChI=1S/C13H24N5O2S2/c1-14-12(7-17(19)20)15-5-6-21-9-11-10-22-13(16-11)8-18(2,3)4/h7,10,14-15H,5-6,8-9H2,1-4H3/q+1/b12-7+. The molecule has 1 aromatic rings. The summed E-state index contributed by atoms with van der Waals surface area (Å²) in [4.78, 5) is 14.5. The number of nitro groups is 1. The molecule has 1 aromatic heterocycles. The van der Waals surface area contributed by atoms with Gasteiger partial charge < -0.3 is 15.1 Å². The average molecular weight is 347 g/mol. The highest BCUT2D eigenvalue weighted by atomic mass is 32.2. The molecule has 9 heteroatoms. The molecule has 0 aromatic carbocycles. The molecule has 0 saturated carbocycles. The zero-order valence-corrected chi connectivity index (χ0v) is 15.1. The van der Waals surface area contributed by atoms with Crippen LogP contribution in [0.3, 0.4) is 0 Å². The van der Waals surface area contributed by atoms with Gasteiger partial charge in [-0.1, -0.05) is 0 Å². The van der Waals surface area contributed by atoms with E-state index in [0.29, 0.717) is 12.4 Å². The number of aromatic nitrogens is 1. The Kier molecular flexibility index (Phi) is 7.63. The number of thiazole rings is 1.